The summed E-state index contributed by atoms with van der Waals surface area (Å²) in [7, 11) is -3.87. The first kappa shape index (κ1) is 25.3. The molecule has 2 fully saturated rings. The van der Waals surface area contributed by atoms with Crippen LogP contribution in [0, 0.1) is 5.92 Å². The summed E-state index contributed by atoms with van der Waals surface area (Å²) in [5, 5.41) is 0.131. The molecule has 0 spiro atoms. The van der Waals surface area contributed by atoms with Crippen molar-refractivity contribution < 1.29 is 22.7 Å². The van der Waals surface area contributed by atoms with E-state index in [1.165, 1.54) is 22.9 Å². The molecule has 3 rings (SSSR count). The smallest absolute Gasteiger partial charge is 0.309 e. The van der Waals surface area contributed by atoms with E-state index in [9.17, 15) is 18.0 Å². The highest BCUT2D eigenvalue weighted by Gasteiger charge is 2.35. The minimum absolute atomic E-state index is 0.0657. The van der Waals surface area contributed by atoms with Gasteiger partial charge in [0, 0.05) is 25.7 Å². The van der Waals surface area contributed by atoms with Crippen LogP contribution in [0.5, 0.6) is 0 Å². The first-order valence-electron chi connectivity index (χ1n) is 11.2. The van der Waals surface area contributed by atoms with Gasteiger partial charge in [-0.05, 0) is 44.7 Å². The molecular weight excluding hydrogens is 475 g/mol. The van der Waals surface area contributed by atoms with Crippen molar-refractivity contribution in [2.45, 2.75) is 62.8 Å². The predicted octanol–water partition coefficient (Wildman–Crippen LogP) is 4.12. The predicted molar refractivity (Wildman–Crippen MR) is 123 cm³/mol. The third-order valence-corrected chi connectivity index (χ3v) is 9.17. The molecule has 1 amide bonds. The number of nitrogens with zero attached hydrogens (tertiary/aromatic N) is 2. The first-order chi connectivity index (χ1) is 15.3. The van der Waals surface area contributed by atoms with Crippen molar-refractivity contribution in [1.82, 2.24) is 9.21 Å². The number of halogens is 2. The van der Waals surface area contributed by atoms with Gasteiger partial charge < -0.3 is 9.64 Å². The molecule has 0 unspecified atom stereocenters. The average Bonchev–Trinajstić information content (AvgIpc) is 2.78. The fourth-order valence-corrected chi connectivity index (χ4v) is 7.12. The fraction of sp³-hybridized carbons (Fsp3) is 0.636. The Bertz CT molecular complexity index is 906. The van der Waals surface area contributed by atoms with Gasteiger partial charge in [0.15, 0.2) is 6.61 Å². The second-order valence-electron chi connectivity index (χ2n) is 8.31. The Kier molecular flexibility index (Phi) is 8.83. The van der Waals surface area contributed by atoms with Crippen LogP contribution in [0.3, 0.4) is 0 Å². The molecule has 2 aliphatic rings. The molecule has 178 valence electrons. The zero-order chi connectivity index (χ0) is 23.3. The zero-order valence-corrected chi connectivity index (χ0v) is 20.6. The van der Waals surface area contributed by atoms with Gasteiger partial charge in [0.1, 0.15) is 4.90 Å². The van der Waals surface area contributed by atoms with E-state index < -0.39 is 21.9 Å². The maximum atomic E-state index is 13.0. The maximum Gasteiger partial charge on any atom is 0.309 e. The molecule has 1 saturated heterocycles. The molecule has 0 N–H and O–H groups in total. The lowest BCUT2D eigenvalue weighted by Crippen LogP contribution is -2.44. The van der Waals surface area contributed by atoms with Crippen molar-refractivity contribution >= 4 is 45.1 Å². The Morgan fingerprint density at radius 1 is 1.06 bits per heavy atom. The summed E-state index contributed by atoms with van der Waals surface area (Å²) >= 11 is 12.2. The third kappa shape index (κ3) is 5.76. The minimum atomic E-state index is -3.87. The highest BCUT2D eigenvalue weighted by Crippen LogP contribution is 2.33. The Morgan fingerprint density at radius 3 is 2.22 bits per heavy atom. The lowest BCUT2D eigenvalue weighted by atomic mass is 9.94. The number of amides is 1. The summed E-state index contributed by atoms with van der Waals surface area (Å²) in [6.07, 6.45) is 6.06. The van der Waals surface area contributed by atoms with Gasteiger partial charge in [0.05, 0.1) is 16.0 Å². The van der Waals surface area contributed by atoms with Crippen LogP contribution in [-0.2, 0) is 24.3 Å². The van der Waals surface area contributed by atoms with Gasteiger partial charge in [-0.15, -0.1) is 0 Å². The minimum Gasteiger partial charge on any atom is -0.455 e. The summed E-state index contributed by atoms with van der Waals surface area (Å²) in [6, 6.07) is 4.77. The van der Waals surface area contributed by atoms with Crippen LogP contribution in [0.25, 0.3) is 0 Å². The van der Waals surface area contributed by atoms with Crippen LogP contribution in [0.1, 0.15) is 51.9 Å². The topological polar surface area (TPSA) is 84.0 Å². The van der Waals surface area contributed by atoms with Gasteiger partial charge in [-0.3, -0.25) is 9.59 Å². The maximum absolute atomic E-state index is 13.0. The summed E-state index contributed by atoms with van der Waals surface area (Å²) in [5.74, 6) is -1.06. The van der Waals surface area contributed by atoms with Crippen molar-refractivity contribution in [2.24, 2.45) is 5.92 Å². The zero-order valence-electron chi connectivity index (χ0n) is 18.3. The Labute approximate surface area is 200 Å². The molecule has 0 atom stereocenters. The first-order valence-corrected chi connectivity index (χ1v) is 13.4. The second kappa shape index (κ2) is 11.2. The number of rotatable bonds is 7. The number of carbonyl (C=O) groups is 2. The lowest BCUT2D eigenvalue weighted by Gasteiger charge is -2.34. The summed E-state index contributed by atoms with van der Waals surface area (Å²) < 4.78 is 32.5. The molecule has 7 nitrogen and oxygen atoms in total. The number of hydrogen-bond acceptors (Lipinski definition) is 5. The number of ether oxygens (including phenoxy) is 1. The molecular formula is C22H30Cl2N2O5S. The Morgan fingerprint density at radius 2 is 1.66 bits per heavy atom. The molecule has 1 aliphatic heterocycles. The van der Waals surface area contributed by atoms with Crippen molar-refractivity contribution in [3.8, 4) is 0 Å². The molecule has 1 aliphatic carbocycles. The number of likely N-dealkylation sites (N-methyl/N-ethyl adjacent to an activating group) is 1. The second-order valence-corrected chi connectivity index (χ2v) is 11.0. The number of esters is 1. The highest BCUT2D eigenvalue weighted by molar-refractivity contribution is 7.89. The Hall–Kier alpha value is -1.35. The number of hydrogen-bond donors (Lipinski definition) is 0. The quantitative estimate of drug-likeness (QED) is 0.521. The lowest BCUT2D eigenvalue weighted by molar-refractivity contribution is -0.157. The van der Waals surface area contributed by atoms with Gasteiger partial charge in [0.2, 0.25) is 10.0 Å². The van der Waals surface area contributed by atoms with Gasteiger partial charge in [0.25, 0.3) is 5.91 Å². The van der Waals surface area contributed by atoms with Crippen LogP contribution >= 0.6 is 23.2 Å². The molecule has 1 aromatic rings. The number of piperidine rings is 1. The third-order valence-electron chi connectivity index (χ3n) is 6.32. The Balaban J connectivity index is 1.52. The fourth-order valence-electron chi connectivity index (χ4n) is 4.55. The highest BCUT2D eigenvalue weighted by atomic mass is 35.5. The molecule has 32 heavy (non-hydrogen) atoms. The molecule has 0 radical (unpaired) electrons. The van der Waals surface area contributed by atoms with Gasteiger partial charge in [-0.2, -0.15) is 4.31 Å². The van der Waals surface area contributed by atoms with Gasteiger partial charge >= 0.3 is 5.97 Å². The average molecular weight is 505 g/mol. The van der Waals surface area contributed by atoms with Gasteiger partial charge in [-0.25, -0.2) is 8.42 Å². The molecule has 0 bridgehead atoms. The monoisotopic (exact) mass is 504 g/mol. The van der Waals surface area contributed by atoms with E-state index in [1.54, 1.807) is 6.07 Å². The number of sulfonamides is 1. The van der Waals surface area contributed by atoms with E-state index in [0.29, 0.717) is 19.4 Å². The normalized spacial score (nSPS) is 19.0. The van der Waals surface area contributed by atoms with E-state index in [4.69, 9.17) is 27.9 Å². The van der Waals surface area contributed by atoms with Crippen LogP contribution in [0.4, 0.5) is 0 Å². The van der Waals surface area contributed by atoms with E-state index in [-0.39, 0.29) is 46.6 Å². The molecule has 1 aromatic carbocycles. The van der Waals surface area contributed by atoms with Crippen molar-refractivity contribution in [3.63, 3.8) is 0 Å². The molecule has 10 heteroatoms. The summed E-state index contributed by atoms with van der Waals surface area (Å²) in [4.78, 5) is 26.8. The van der Waals surface area contributed by atoms with E-state index in [1.807, 2.05) is 11.8 Å². The molecule has 1 heterocycles. The molecule has 1 saturated carbocycles. The molecule has 0 aromatic heterocycles. The SMILES string of the molecule is CCN(C(=O)COC(=O)C1CCN(S(=O)(=O)c2c(Cl)cccc2Cl)CC1)C1CCCCC1. The van der Waals surface area contributed by atoms with Crippen molar-refractivity contribution in [2.75, 3.05) is 26.2 Å². The van der Waals surface area contributed by atoms with Crippen molar-refractivity contribution in [1.29, 1.82) is 0 Å². The summed E-state index contributed by atoms with van der Waals surface area (Å²) in [5.41, 5.74) is 0. The standard InChI is InChI=1S/C22H30Cl2N2O5S/c1-2-26(17-7-4-3-5-8-17)20(27)15-31-22(28)16-11-13-25(14-12-16)32(29,30)21-18(23)9-6-10-19(21)24/h6,9-10,16-17H,2-5,7-8,11-15H2,1H3. The van der Waals surface area contributed by atoms with Gasteiger partial charge in [-0.1, -0.05) is 48.5 Å². The van der Waals surface area contributed by atoms with Crippen LogP contribution < -0.4 is 0 Å². The van der Waals surface area contributed by atoms with Crippen LogP contribution in [0.2, 0.25) is 10.0 Å². The van der Waals surface area contributed by atoms with Crippen LogP contribution in [0.15, 0.2) is 23.1 Å². The number of benzene rings is 1. The summed E-state index contributed by atoms with van der Waals surface area (Å²) in [6.45, 7) is 2.58. The van der Waals surface area contributed by atoms with Crippen molar-refractivity contribution in [3.05, 3.63) is 28.2 Å². The largest absolute Gasteiger partial charge is 0.455 e. The van der Waals surface area contributed by atoms with E-state index >= 15 is 0 Å². The number of carbonyl (C=O) groups excluding carboxylic acids is 2. The van der Waals surface area contributed by atoms with E-state index in [0.717, 1.165) is 25.7 Å². The van der Waals surface area contributed by atoms with E-state index in [2.05, 4.69) is 0 Å². The van der Waals surface area contributed by atoms with Crippen LogP contribution in [-0.4, -0.2) is 61.8 Å².